The lowest BCUT2D eigenvalue weighted by Crippen LogP contribution is -2.30. The zero-order valence-electron chi connectivity index (χ0n) is 12.5. The average Bonchev–Trinajstić information content (AvgIpc) is 2.75. The Labute approximate surface area is 123 Å². The van der Waals surface area contributed by atoms with E-state index in [4.69, 9.17) is 5.84 Å². The van der Waals surface area contributed by atoms with Gasteiger partial charge in [-0.1, -0.05) is 24.3 Å². The van der Waals surface area contributed by atoms with Crippen molar-refractivity contribution in [3.05, 3.63) is 59.2 Å². The van der Waals surface area contributed by atoms with E-state index in [-0.39, 0.29) is 6.04 Å². The molecule has 3 rings (SSSR count). The number of rotatable bonds is 3. The zero-order valence-corrected chi connectivity index (χ0v) is 12.5. The predicted molar refractivity (Wildman–Crippen MR) is 83.6 cm³/mol. The molecule has 1 aromatic carbocycles. The topological polar surface area (TPSA) is 68.8 Å². The summed E-state index contributed by atoms with van der Waals surface area (Å²) in [6, 6.07) is 8.07. The number of pyridine rings is 1. The Hall–Kier alpha value is -2.24. The molecule has 0 saturated carbocycles. The van der Waals surface area contributed by atoms with Crippen LogP contribution in [-0.2, 0) is 7.05 Å². The van der Waals surface area contributed by atoms with Crippen molar-refractivity contribution in [3.63, 3.8) is 0 Å². The highest BCUT2D eigenvalue weighted by Gasteiger charge is 2.22. The summed E-state index contributed by atoms with van der Waals surface area (Å²) in [5.74, 6) is 5.86. The molecule has 2 aromatic heterocycles. The summed E-state index contributed by atoms with van der Waals surface area (Å²) in [6.07, 6.45) is 3.74. The van der Waals surface area contributed by atoms with Crippen molar-refractivity contribution in [1.82, 2.24) is 20.2 Å². The number of aryl methyl sites for hydroxylation is 2. The standard InChI is InChI=1S/C16H19N5/c1-10-15(11(2)21(3)20-10)16(19-17)14-9-18-8-12-6-4-5-7-13(12)14/h4-9,16,19H,17H2,1-3H3. The molecule has 1 atom stereocenters. The molecule has 0 fully saturated rings. The van der Waals surface area contributed by atoms with Gasteiger partial charge in [-0.2, -0.15) is 5.10 Å². The van der Waals surface area contributed by atoms with Gasteiger partial charge in [-0.3, -0.25) is 15.5 Å². The first-order valence-electron chi connectivity index (χ1n) is 6.92. The summed E-state index contributed by atoms with van der Waals surface area (Å²) >= 11 is 0. The largest absolute Gasteiger partial charge is 0.272 e. The maximum absolute atomic E-state index is 5.86. The highest BCUT2D eigenvalue weighted by molar-refractivity contribution is 5.85. The van der Waals surface area contributed by atoms with Gasteiger partial charge in [0.05, 0.1) is 11.7 Å². The molecule has 0 aliphatic rings. The van der Waals surface area contributed by atoms with Gasteiger partial charge >= 0.3 is 0 Å². The van der Waals surface area contributed by atoms with Gasteiger partial charge in [-0.05, 0) is 19.2 Å². The minimum Gasteiger partial charge on any atom is -0.272 e. The Kier molecular flexibility index (Phi) is 3.45. The quantitative estimate of drug-likeness (QED) is 0.570. The van der Waals surface area contributed by atoms with E-state index in [1.807, 2.05) is 43.2 Å². The van der Waals surface area contributed by atoms with E-state index in [1.165, 1.54) is 0 Å². The van der Waals surface area contributed by atoms with Crippen molar-refractivity contribution >= 4 is 10.8 Å². The summed E-state index contributed by atoms with van der Waals surface area (Å²) in [5, 5.41) is 6.74. The van der Waals surface area contributed by atoms with Crippen molar-refractivity contribution in [1.29, 1.82) is 0 Å². The fourth-order valence-electron chi connectivity index (χ4n) is 2.91. The van der Waals surface area contributed by atoms with Gasteiger partial charge in [-0.25, -0.2) is 5.43 Å². The Balaban J connectivity index is 2.23. The lowest BCUT2D eigenvalue weighted by atomic mass is 9.95. The van der Waals surface area contributed by atoms with E-state index >= 15 is 0 Å². The molecule has 5 heteroatoms. The first kappa shape index (κ1) is 13.7. The number of nitrogens with two attached hydrogens (primary N) is 1. The molecule has 0 radical (unpaired) electrons. The Bertz CT molecular complexity index is 785. The van der Waals surface area contributed by atoms with E-state index in [2.05, 4.69) is 34.6 Å². The van der Waals surface area contributed by atoms with Crippen LogP contribution in [0.2, 0.25) is 0 Å². The van der Waals surface area contributed by atoms with Gasteiger partial charge in [0.2, 0.25) is 0 Å². The van der Waals surface area contributed by atoms with Crippen molar-refractivity contribution in [2.75, 3.05) is 0 Å². The number of aromatic nitrogens is 3. The number of hydrogen-bond acceptors (Lipinski definition) is 4. The minimum absolute atomic E-state index is 0.128. The van der Waals surface area contributed by atoms with E-state index in [0.29, 0.717) is 0 Å². The monoisotopic (exact) mass is 281 g/mol. The van der Waals surface area contributed by atoms with E-state index in [1.54, 1.807) is 0 Å². The fraction of sp³-hybridized carbons (Fsp3) is 0.250. The number of nitrogens with zero attached hydrogens (tertiary/aromatic N) is 3. The molecule has 3 aromatic rings. The Morgan fingerprint density at radius 1 is 1.19 bits per heavy atom. The molecule has 0 spiro atoms. The van der Waals surface area contributed by atoms with Crippen LogP contribution in [-0.4, -0.2) is 14.8 Å². The van der Waals surface area contributed by atoms with Gasteiger partial charge in [0, 0.05) is 41.6 Å². The lowest BCUT2D eigenvalue weighted by molar-refractivity contribution is 0.630. The van der Waals surface area contributed by atoms with Crippen LogP contribution in [0.5, 0.6) is 0 Å². The number of hydrogen-bond donors (Lipinski definition) is 2. The van der Waals surface area contributed by atoms with Gasteiger partial charge in [-0.15, -0.1) is 0 Å². The minimum atomic E-state index is -0.128. The van der Waals surface area contributed by atoms with E-state index in [0.717, 1.165) is 33.3 Å². The van der Waals surface area contributed by atoms with Gasteiger partial charge < -0.3 is 0 Å². The first-order chi connectivity index (χ1) is 10.1. The molecule has 0 aliphatic heterocycles. The maximum atomic E-state index is 5.86. The van der Waals surface area contributed by atoms with Crippen LogP contribution >= 0.6 is 0 Å². The molecular weight excluding hydrogens is 262 g/mol. The second kappa shape index (κ2) is 5.27. The second-order valence-electron chi connectivity index (χ2n) is 5.26. The third-order valence-electron chi connectivity index (χ3n) is 4.03. The Morgan fingerprint density at radius 2 is 1.95 bits per heavy atom. The van der Waals surface area contributed by atoms with Crippen LogP contribution in [0.3, 0.4) is 0 Å². The van der Waals surface area contributed by atoms with Gasteiger partial charge in [0.15, 0.2) is 0 Å². The molecule has 5 nitrogen and oxygen atoms in total. The van der Waals surface area contributed by atoms with Gasteiger partial charge in [0.1, 0.15) is 0 Å². The summed E-state index contributed by atoms with van der Waals surface area (Å²) in [7, 11) is 1.95. The first-order valence-corrected chi connectivity index (χ1v) is 6.92. The molecular formula is C16H19N5. The molecule has 108 valence electrons. The normalized spacial score (nSPS) is 12.8. The van der Waals surface area contributed by atoms with Crippen molar-refractivity contribution in [3.8, 4) is 0 Å². The maximum Gasteiger partial charge on any atom is 0.0767 e. The molecule has 0 aliphatic carbocycles. The zero-order chi connectivity index (χ0) is 15.0. The number of benzene rings is 1. The third-order valence-corrected chi connectivity index (χ3v) is 4.03. The van der Waals surface area contributed by atoms with Crippen molar-refractivity contribution < 1.29 is 0 Å². The SMILES string of the molecule is Cc1nn(C)c(C)c1C(NN)c1cncc2ccccc12. The fourth-order valence-corrected chi connectivity index (χ4v) is 2.91. The summed E-state index contributed by atoms with van der Waals surface area (Å²) in [5.41, 5.74) is 7.18. The summed E-state index contributed by atoms with van der Waals surface area (Å²) in [4.78, 5) is 4.35. The van der Waals surface area contributed by atoms with Crippen LogP contribution in [0.25, 0.3) is 10.8 Å². The summed E-state index contributed by atoms with van der Waals surface area (Å²) < 4.78 is 1.88. The molecule has 2 heterocycles. The number of hydrazine groups is 1. The van der Waals surface area contributed by atoms with Crippen LogP contribution in [0, 0.1) is 13.8 Å². The van der Waals surface area contributed by atoms with Crippen molar-refractivity contribution in [2.24, 2.45) is 12.9 Å². The molecule has 3 N–H and O–H groups in total. The smallest absolute Gasteiger partial charge is 0.0767 e. The molecule has 0 amide bonds. The van der Waals surface area contributed by atoms with Crippen molar-refractivity contribution in [2.45, 2.75) is 19.9 Å². The van der Waals surface area contributed by atoms with Crippen LogP contribution in [0.1, 0.15) is 28.6 Å². The summed E-state index contributed by atoms with van der Waals surface area (Å²) in [6.45, 7) is 4.06. The molecule has 1 unspecified atom stereocenters. The third kappa shape index (κ3) is 2.20. The molecule has 21 heavy (non-hydrogen) atoms. The van der Waals surface area contributed by atoms with Crippen LogP contribution < -0.4 is 11.3 Å². The second-order valence-corrected chi connectivity index (χ2v) is 5.26. The Morgan fingerprint density at radius 3 is 2.62 bits per heavy atom. The highest BCUT2D eigenvalue weighted by atomic mass is 15.3. The van der Waals surface area contributed by atoms with E-state index in [9.17, 15) is 0 Å². The lowest BCUT2D eigenvalue weighted by Gasteiger charge is -2.19. The number of fused-ring (bicyclic) bond motifs is 1. The number of nitrogens with one attached hydrogen (secondary N) is 1. The average molecular weight is 281 g/mol. The van der Waals surface area contributed by atoms with E-state index < -0.39 is 0 Å². The predicted octanol–water partition coefficient (Wildman–Crippen LogP) is 2.14. The van der Waals surface area contributed by atoms with Crippen LogP contribution in [0.15, 0.2) is 36.7 Å². The van der Waals surface area contributed by atoms with Gasteiger partial charge in [0.25, 0.3) is 0 Å². The molecule has 0 saturated heterocycles. The van der Waals surface area contributed by atoms with Crippen LogP contribution in [0.4, 0.5) is 0 Å². The highest BCUT2D eigenvalue weighted by Crippen LogP contribution is 2.30. The molecule has 0 bridgehead atoms.